The Hall–Kier alpha value is -2.28. The standard InChI is InChI=1S/C25H22BrClN2O2S/c1-15-22(27)6-3-7-23(15)29-32(30,31)18-12-13-24-21(14-18)19-4-2-5-20(19)25(28-24)16-8-10-17(26)11-9-16/h2-4,6-14,19-20,25,28-29H,5H2,1H3/t19-,20+,25+/m0/s1. The third-order valence-electron chi connectivity index (χ3n) is 6.39. The van der Waals surface area contributed by atoms with Crippen LogP contribution in [0.25, 0.3) is 0 Å². The van der Waals surface area contributed by atoms with E-state index in [4.69, 9.17) is 11.6 Å². The molecule has 2 N–H and O–H groups in total. The van der Waals surface area contributed by atoms with Gasteiger partial charge in [0.1, 0.15) is 0 Å². The number of halogens is 2. The molecular weight excluding hydrogens is 508 g/mol. The number of sulfonamides is 1. The smallest absolute Gasteiger partial charge is 0.261 e. The average molecular weight is 530 g/mol. The van der Waals surface area contributed by atoms with Gasteiger partial charge in [0.2, 0.25) is 0 Å². The summed E-state index contributed by atoms with van der Waals surface area (Å²) in [6.07, 6.45) is 5.36. The molecule has 2 aliphatic rings. The number of hydrogen-bond acceptors (Lipinski definition) is 3. The minimum absolute atomic E-state index is 0.169. The van der Waals surface area contributed by atoms with Gasteiger partial charge in [-0.3, -0.25) is 4.72 Å². The van der Waals surface area contributed by atoms with Crippen molar-refractivity contribution in [3.05, 3.63) is 99.0 Å². The normalized spacial score (nSPS) is 21.5. The van der Waals surface area contributed by atoms with Crippen LogP contribution in [0.5, 0.6) is 0 Å². The summed E-state index contributed by atoms with van der Waals surface area (Å²) in [5, 5.41) is 4.19. The van der Waals surface area contributed by atoms with E-state index in [1.165, 1.54) is 5.56 Å². The second-order valence-electron chi connectivity index (χ2n) is 8.29. The number of benzene rings is 3. The predicted octanol–water partition coefficient (Wildman–Crippen LogP) is 7.04. The minimum atomic E-state index is -3.75. The SMILES string of the molecule is Cc1c(Cl)cccc1NS(=O)(=O)c1ccc2c(c1)[C@H]1C=CC[C@H]1[C@@H](c1ccc(Br)cc1)N2. The van der Waals surface area contributed by atoms with Crippen molar-refractivity contribution in [1.82, 2.24) is 0 Å². The van der Waals surface area contributed by atoms with Crippen LogP contribution in [0.1, 0.15) is 35.1 Å². The maximum absolute atomic E-state index is 13.2. The molecule has 0 fully saturated rings. The highest BCUT2D eigenvalue weighted by Crippen LogP contribution is 2.50. The van der Waals surface area contributed by atoms with Gasteiger partial charge in [0.05, 0.1) is 16.6 Å². The van der Waals surface area contributed by atoms with E-state index < -0.39 is 10.0 Å². The lowest BCUT2D eigenvalue weighted by atomic mass is 9.77. The van der Waals surface area contributed by atoms with Crippen molar-refractivity contribution in [2.24, 2.45) is 5.92 Å². The fourth-order valence-corrected chi connectivity index (χ4v) is 6.26. The molecule has 7 heteroatoms. The van der Waals surface area contributed by atoms with Crippen LogP contribution in [0.2, 0.25) is 5.02 Å². The van der Waals surface area contributed by atoms with E-state index in [2.05, 4.69) is 62.4 Å². The molecule has 1 heterocycles. The molecule has 0 saturated heterocycles. The molecule has 1 aliphatic carbocycles. The molecule has 0 bridgehead atoms. The topological polar surface area (TPSA) is 58.2 Å². The molecule has 0 unspecified atom stereocenters. The van der Waals surface area contributed by atoms with Crippen molar-refractivity contribution in [2.75, 3.05) is 10.0 Å². The molecule has 4 nitrogen and oxygen atoms in total. The van der Waals surface area contributed by atoms with E-state index in [1.807, 2.05) is 6.07 Å². The molecule has 32 heavy (non-hydrogen) atoms. The molecule has 3 atom stereocenters. The van der Waals surface area contributed by atoms with Crippen LogP contribution in [0.15, 0.2) is 82.2 Å². The fraction of sp³-hybridized carbons (Fsp3) is 0.200. The van der Waals surface area contributed by atoms with E-state index in [-0.39, 0.29) is 16.9 Å². The zero-order valence-corrected chi connectivity index (χ0v) is 20.5. The van der Waals surface area contributed by atoms with Gasteiger partial charge in [-0.1, -0.05) is 57.9 Å². The van der Waals surface area contributed by atoms with Crippen molar-refractivity contribution in [3.8, 4) is 0 Å². The first-order chi connectivity index (χ1) is 15.3. The molecule has 3 aromatic carbocycles. The fourth-order valence-electron chi connectivity index (χ4n) is 4.66. The van der Waals surface area contributed by atoms with Gasteiger partial charge in [-0.2, -0.15) is 0 Å². The summed E-state index contributed by atoms with van der Waals surface area (Å²) in [6.45, 7) is 1.80. The summed E-state index contributed by atoms with van der Waals surface area (Å²) in [6, 6.07) is 19.1. The van der Waals surface area contributed by atoms with Gasteiger partial charge in [-0.05, 0) is 78.4 Å². The third-order valence-corrected chi connectivity index (χ3v) is 8.69. The van der Waals surface area contributed by atoms with Crippen LogP contribution in [-0.4, -0.2) is 8.42 Å². The Morgan fingerprint density at radius 1 is 1.09 bits per heavy atom. The van der Waals surface area contributed by atoms with Gasteiger partial charge < -0.3 is 5.32 Å². The number of allylic oxidation sites excluding steroid dienone is 2. The number of nitrogens with one attached hydrogen (secondary N) is 2. The molecule has 0 aromatic heterocycles. The quantitative estimate of drug-likeness (QED) is 0.356. The molecule has 0 amide bonds. The first-order valence-electron chi connectivity index (χ1n) is 10.4. The second-order valence-corrected chi connectivity index (χ2v) is 11.3. The van der Waals surface area contributed by atoms with Gasteiger partial charge in [0.15, 0.2) is 0 Å². The van der Waals surface area contributed by atoms with Gasteiger partial charge in [0.25, 0.3) is 10.0 Å². The largest absolute Gasteiger partial charge is 0.378 e. The van der Waals surface area contributed by atoms with Crippen LogP contribution < -0.4 is 10.0 Å². The van der Waals surface area contributed by atoms with E-state index in [0.29, 0.717) is 22.2 Å². The molecule has 0 radical (unpaired) electrons. The Labute approximate surface area is 201 Å². The summed E-state index contributed by atoms with van der Waals surface area (Å²) in [5.74, 6) is 0.507. The van der Waals surface area contributed by atoms with Gasteiger partial charge in [0, 0.05) is 21.1 Å². The molecule has 5 rings (SSSR count). The Morgan fingerprint density at radius 3 is 2.66 bits per heavy atom. The van der Waals surface area contributed by atoms with Crippen LogP contribution in [0, 0.1) is 12.8 Å². The molecule has 1 aliphatic heterocycles. The summed E-state index contributed by atoms with van der Waals surface area (Å²) in [5.41, 5.74) is 4.41. The monoisotopic (exact) mass is 528 g/mol. The van der Waals surface area contributed by atoms with Crippen molar-refractivity contribution >= 4 is 48.9 Å². The van der Waals surface area contributed by atoms with Crippen LogP contribution >= 0.6 is 27.5 Å². The zero-order valence-electron chi connectivity index (χ0n) is 17.3. The number of rotatable bonds is 4. The zero-order chi connectivity index (χ0) is 22.5. The Balaban J connectivity index is 1.49. The summed E-state index contributed by atoms with van der Waals surface area (Å²) in [4.78, 5) is 0.249. The average Bonchev–Trinajstić information content (AvgIpc) is 3.27. The van der Waals surface area contributed by atoms with Crippen molar-refractivity contribution < 1.29 is 8.42 Å². The summed E-state index contributed by atoms with van der Waals surface area (Å²) < 4.78 is 30.1. The van der Waals surface area contributed by atoms with Crippen LogP contribution in [0.4, 0.5) is 11.4 Å². The van der Waals surface area contributed by atoms with Gasteiger partial charge in [-0.25, -0.2) is 8.42 Å². The summed E-state index contributed by atoms with van der Waals surface area (Å²) >= 11 is 9.67. The molecule has 0 saturated carbocycles. The first kappa shape index (κ1) is 21.6. The second kappa shape index (κ2) is 8.25. The van der Waals surface area contributed by atoms with Crippen molar-refractivity contribution in [3.63, 3.8) is 0 Å². The number of hydrogen-bond donors (Lipinski definition) is 2. The maximum Gasteiger partial charge on any atom is 0.261 e. The Bertz CT molecular complexity index is 1320. The van der Waals surface area contributed by atoms with Crippen LogP contribution in [-0.2, 0) is 10.0 Å². The lowest BCUT2D eigenvalue weighted by Crippen LogP contribution is -2.29. The Kier molecular flexibility index (Phi) is 5.56. The highest BCUT2D eigenvalue weighted by Gasteiger charge is 2.38. The highest BCUT2D eigenvalue weighted by molar-refractivity contribution is 9.10. The van der Waals surface area contributed by atoms with Gasteiger partial charge in [-0.15, -0.1) is 0 Å². The highest BCUT2D eigenvalue weighted by atomic mass is 79.9. The molecule has 164 valence electrons. The van der Waals surface area contributed by atoms with E-state index in [0.717, 1.165) is 22.1 Å². The first-order valence-corrected chi connectivity index (χ1v) is 13.1. The van der Waals surface area contributed by atoms with E-state index in [1.54, 1.807) is 37.3 Å². The summed E-state index contributed by atoms with van der Waals surface area (Å²) in [7, 11) is -3.75. The van der Waals surface area contributed by atoms with Crippen molar-refractivity contribution in [2.45, 2.75) is 30.2 Å². The molecule has 3 aromatic rings. The third kappa shape index (κ3) is 3.85. The number of fused-ring (bicyclic) bond motifs is 3. The van der Waals surface area contributed by atoms with E-state index in [9.17, 15) is 8.42 Å². The van der Waals surface area contributed by atoms with Gasteiger partial charge >= 0.3 is 0 Å². The lowest BCUT2D eigenvalue weighted by Gasteiger charge is -2.37. The minimum Gasteiger partial charge on any atom is -0.378 e. The maximum atomic E-state index is 13.2. The Morgan fingerprint density at radius 2 is 1.88 bits per heavy atom. The lowest BCUT2D eigenvalue weighted by molar-refractivity contribution is 0.425. The predicted molar refractivity (Wildman–Crippen MR) is 134 cm³/mol. The molecular formula is C25H22BrClN2O2S. The van der Waals surface area contributed by atoms with Crippen molar-refractivity contribution in [1.29, 1.82) is 0 Å². The number of anilines is 2. The van der Waals surface area contributed by atoms with E-state index >= 15 is 0 Å². The van der Waals surface area contributed by atoms with Crippen LogP contribution in [0.3, 0.4) is 0 Å². The molecule has 0 spiro atoms.